The number of aryl methyl sites for hydroxylation is 1. The second-order valence-electron chi connectivity index (χ2n) is 7.53. The first-order valence-electron chi connectivity index (χ1n) is 9.87. The number of thiocarbonyl (C=S) groups is 1. The van der Waals surface area contributed by atoms with Crippen LogP contribution in [-0.4, -0.2) is 67.9 Å². The van der Waals surface area contributed by atoms with Gasteiger partial charge in [0.2, 0.25) is 0 Å². The molecular formula is C20H31N4O2S+. The van der Waals surface area contributed by atoms with E-state index in [2.05, 4.69) is 28.5 Å². The fourth-order valence-electron chi connectivity index (χ4n) is 3.63. The number of anilines is 1. The lowest BCUT2D eigenvalue weighted by Gasteiger charge is -2.33. The summed E-state index contributed by atoms with van der Waals surface area (Å²) in [5.74, 6) is 0.0752. The van der Waals surface area contributed by atoms with E-state index in [4.69, 9.17) is 17.0 Å². The largest absolute Gasteiger partial charge is 0.376 e. The summed E-state index contributed by atoms with van der Waals surface area (Å²) in [5, 5.41) is 7.21. The Balaban J connectivity index is 1.39. The lowest BCUT2D eigenvalue weighted by atomic mass is 10.1. The van der Waals surface area contributed by atoms with Crippen LogP contribution in [0.15, 0.2) is 18.2 Å². The molecule has 0 aliphatic carbocycles. The van der Waals surface area contributed by atoms with E-state index in [1.54, 1.807) is 0 Å². The molecule has 0 unspecified atom stereocenters. The number of amides is 1. The minimum atomic E-state index is 0.0752. The van der Waals surface area contributed by atoms with Gasteiger partial charge in [0.15, 0.2) is 11.7 Å². The predicted molar refractivity (Wildman–Crippen MR) is 111 cm³/mol. The molecule has 2 aliphatic rings. The normalized spacial score (nSPS) is 20.5. The van der Waals surface area contributed by atoms with Gasteiger partial charge in [-0.2, -0.15) is 0 Å². The van der Waals surface area contributed by atoms with Gasteiger partial charge in [0.05, 0.1) is 32.3 Å². The molecule has 27 heavy (non-hydrogen) atoms. The Bertz CT molecular complexity index is 668. The first-order chi connectivity index (χ1) is 13.0. The first-order valence-corrected chi connectivity index (χ1v) is 10.3. The third-order valence-corrected chi connectivity index (χ3v) is 5.95. The number of piperazine rings is 1. The second-order valence-corrected chi connectivity index (χ2v) is 7.92. The van der Waals surface area contributed by atoms with Crippen LogP contribution >= 0.6 is 12.2 Å². The van der Waals surface area contributed by atoms with Crippen molar-refractivity contribution in [1.82, 2.24) is 10.2 Å². The Kier molecular flexibility index (Phi) is 7.04. The summed E-state index contributed by atoms with van der Waals surface area (Å²) in [6, 6.07) is 6.00. The lowest BCUT2D eigenvalue weighted by molar-refractivity contribution is -0.895. The highest BCUT2D eigenvalue weighted by Crippen LogP contribution is 2.17. The van der Waals surface area contributed by atoms with Crippen molar-refractivity contribution in [3.05, 3.63) is 29.3 Å². The smallest absolute Gasteiger partial charge is 0.279 e. The summed E-state index contributed by atoms with van der Waals surface area (Å²) in [5.41, 5.74) is 3.24. The molecule has 2 aliphatic heterocycles. The predicted octanol–water partition coefficient (Wildman–Crippen LogP) is 0.496. The van der Waals surface area contributed by atoms with Crippen LogP contribution < -0.4 is 15.5 Å². The molecule has 0 spiro atoms. The molecule has 1 aromatic carbocycles. The molecule has 0 aromatic heterocycles. The fraction of sp³-hybridized carbons (Fsp3) is 0.600. The topological polar surface area (TPSA) is 58.0 Å². The number of carbonyl (C=O) groups excluding carboxylic acids is 1. The molecule has 2 fully saturated rings. The van der Waals surface area contributed by atoms with E-state index in [9.17, 15) is 4.79 Å². The maximum Gasteiger partial charge on any atom is 0.279 e. The van der Waals surface area contributed by atoms with Gasteiger partial charge in [-0.25, -0.2) is 0 Å². The zero-order valence-electron chi connectivity index (χ0n) is 16.3. The summed E-state index contributed by atoms with van der Waals surface area (Å²) in [4.78, 5) is 15.9. The van der Waals surface area contributed by atoms with Crippen LogP contribution in [0.3, 0.4) is 0 Å². The summed E-state index contributed by atoms with van der Waals surface area (Å²) < 4.78 is 5.63. The number of nitrogens with one attached hydrogen (secondary N) is 3. The number of carbonyl (C=O) groups is 1. The number of quaternary nitrogens is 1. The molecular weight excluding hydrogens is 360 g/mol. The Labute approximate surface area is 167 Å². The average Bonchev–Trinajstić information content (AvgIpc) is 3.18. The summed E-state index contributed by atoms with van der Waals surface area (Å²) >= 11 is 5.52. The zero-order chi connectivity index (χ0) is 19.2. The Morgan fingerprint density at radius 2 is 2.11 bits per heavy atom. The SMILES string of the molecule is Cc1cccc(NC(=O)C[NH+]2CCN(C(=S)NC[C@H]3CCCO3)CC2)c1C. The van der Waals surface area contributed by atoms with Gasteiger partial charge in [0.1, 0.15) is 0 Å². The molecule has 0 saturated carbocycles. The van der Waals surface area contributed by atoms with Gasteiger partial charge in [-0.05, 0) is 56.1 Å². The molecule has 1 amide bonds. The summed E-state index contributed by atoms with van der Waals surface area (Å²) in [6.45, 7) is 9.86. The van der Waals surface area contributed by atoms with Crippen molar-refractivity contribution >= 4 is 28.9 Å². The molecule has 6 nitrogen and oxygen atoms in total. The number of hydrogen-bond donors (Lipinski definition) is 3. The molecule has 1 aromatic rings. The maximum atomic E-state index is 12.4. The number of rotatable bonds is 5. The van der Waals surface area contributed by atoms with Crippen LogP contribution in [0.2, 0.25) is 0 Å². The molecule has 0 radical (unpaired) electrons. The lowest BCUT2D eigenvalue weighted by Crippen LogP contribution is -3.15. The van der Waals surface area contributed by atoms with Crippen LogP contribution in [0, 0.1) is 13.8 Å². The maximum absolute atomic E-state index is 12.4. The highest BCUT2D eigenvalue weighted by Gasteiger charge is 2.24. The average molecular weight is 392 g/mol. The fourth-order valence-corrected chi connectivity index (χ4v) is 3.89. The van der Waals surface area contributed by atoms with E-state index in [0.29, 0.717) is 12.6 Å². The second kappa shape index (κ2) is 9.48. The Morgan fingerprint density at radius 1 is 1.33 bits per heavy atom. The molecule has 1 atom stereocenters. The van der Waals surface area contributed by atoms with E-state index >= 15 is 0 Å². The molecule has 2 saturated heterocycles. The van der Waals surface area contributed by atoms with Crippen molar-refractivity contribution in [2.24, 2.45) is 0 Å². The van der Waals surface area contributed by atoms with E-state index in [1.807, 2.05) is 19.1 Å². The molecule has 3 N–H and O–H groups in total. The van der Waals surface area contributed by atoms with Crippen LogP contribution in [0.5, 0.6) is 0 Å². The minimum Gasteiger partial charge on any atom is -0.376 e. The standard InChI is InChI=1S/C20H30N4O2S/c1-15-5-3-7-18(16(15)2)22-19(25)14-23-8-10-24(11-9-23)20(27)21-13-17-6-4-12-26-17/h3,5,7,17H,4,6,8-14H2,1-2H3,(H,21,27)(H,22,25)/p+1/t17-/m1/s1. The van der Waals surface area contributed by atoms with E-state index in [0.717, 1.165) is 68.5 Å². The number of nitrogens with zero attached hydrogens (tertiary/aromatic N) is 1. The van der Waals surface area contributed by atoms with Crippen LogP contribution in [0.25, 0.3) is 0 Å². The number of hydrogen-bond acceptors (Lipinski definition) is 3. The third kappa shape index (κ3) is 5.64. The van der Waals surface area contributed by atoms with Crippen molar-refractivity contribution < 1.29 is 14.4 Å². The van der Waals surface area contributed by atoms with Crippen molar-refractivity contribution in [3.63, 3.8) is 0 Å². The third-order valence-electron chi connectivity index (χ3n) is 5.55. The van der Waals surface area contributed by atoms with Gasteiger partial charge in [-0.3, -0.25) is 4.79 Å². The van der Waals surface area contributed by atoms with E-state index in [-0.39, 0.29) is 5.91 Å². The quantitative estimate of drug-likeness (QED) is 0.638. The molecule has 0 bridgehead atoms. The summed E-state index contributed by atoms with van der Waals surface area (Å²) in [7, 11) is 0. The molecule has 2 heterocycles. The Morgan fingerprint density at radius 3 is 2.81 bits per heavy atom. The molecule has 148 valence electrons. The Hall–Kier alpha value is -1.70. The van der Waals surface area contributed by atoms with Gasteiger partial charge >= 0.3 is 0 Å². The highest BCUT2D eigenvalue weighted by molar-refractivity contribution is 7.80. The highest BCUT2D eigenvalue weighted by atomic mass is 32.1. The van der Waals surface area contributed by atoms with Crippen molar-refractivity contribution in [2.75, 3.05) is 51.2 Å². The molecule has 3 rings (SSSR count). The van der Waals surface area contributed by atoms with Gasteiger partial charge in [0, 0.05) is 18.8 Å². The van der Waals surface area contributed by atoms with Crippen molar-refractivity contribution in [1.29, 1.82) is 0 Å². The van der Waals surface area contributed by atoms with Gasteiger partial charge in [-0.1, -0.05) is 12.1 Å². The van der Waals surface area contributed by atoms with Gasteiger partial charge in [0.25, 0.3) is 5.91 Å². The van der Waals surface area contributed by atoms with Crippen LogP contribution in [0.1, 0.15) is 24.0 Å². The number of ether oxygens (including phenoxy) is 1. The number of benzene rings is 1. The van der Waals surface area contributed by atoms with Crippen molar-refractivity contribution in [2.45, 2.75) is 32.8 Å². The van der Waals surface area contributed by atoms with Crippen LogP contribution in [0.4, 0.5) is 5.69 Å². The van der Waals surface area contributed by atoms with E-state index < -0.39 is 0 Å². The zero-order valence-corrected chi connectivity index (χ0v) is 17.2. The monoisotopic (exact) mass is 391 g/mol. The van der Waals surface area contributed by atoms with Crippen LogP contribution in [-0.2, 0) is 9.53 Å². The summed E-state index contributed by atoms with van der Waals surface area (Å²) in [6.07, 6.45) is 2.55. The minimum absolute atomic E-state index is 0.0752. The van der Waals surface area contributed by atoms with Gasteiger partial charge < -0.3 is 25.2 Å². The van der Waals surface area contributed by atoms with Crippen molar-refractivity contribution in [3.8, 4) is 0 Å². The molecule has 7 heteroatoms. The van der Waals surface area contributed by atoms with E-state index in [1.165, 1.54) is 10.5 Å². The van der Waals surface area contributed by atoms with Gasteiger partial charge in [-0.15, -0.1) is 0 Å². The first kappa shape index (κ1) is 20.0.